The topological polar surface area (TPSA) is 0 Å². The van der Waals surface area contributed by atoms with Gasteiger partial charge in [0.25, 0.3) is 0 Å². The van der Waals surface area contributed by atoms with Crippen LogP contribution < -0.4 is 0 Å². The molecule has 5 heavy (non-hydrogen) atoms. The van der Waals surface area contributed by atoms with Gasteiger partial charge < -0.3 is 0 Å². The molecule has 0 fully saturated rings. The Balaban J connectivity index is 0. The molecule has 0 unspecified atom stereocenters. The molecule has 0 saturated carbocycles. The maximum atomic E-state index is 3.60. The maximum absolute atomic E-state index is 3.60. The van der Waals surface area contributed by atoms with E-state index in [9.17, 15) is 0 Å². The Labute approximate surface area is 66.9 Å². The molecule has 0 aliphatic heterocycles. The summed E-state index contributed by atoms with van der Waals surface area (Å²) in [5.41, 5.74) is 0. The molecular weight excluding hydrogens is 192 g/mol. The SMILES string of the molecule is [CH2]CCC.[Nd]. The molecule has 0 saturated heterocycles. The van der Waals surface area contributed by atoms with Gasteiger partial charge in [-0.1, -0.05) is 26.7 Å². The predicted molar refractivity (Wildman–Crippen MR) is 20.3 cm³/mol. The molecule has 1 heteroatoms. The average molecular weight is 201 g/mol. The number of hydrogen-bond acceptors (Lipinski definition) is 0. The molecule has 0 aromatic heterocycles. The van der Waals surface area contributed by atoms with Gasteiger partial charge in [0.1, 0.15) is 0 Å². The summed E-state index contributed by atoms with van der Waals surface area (Å²) in [6, 6.07) is 0. The first-order valence-corrected chi connectivity index (χ1v) is 1.71. The predicted octanol–water partition coefficient (Wildman–Crippen LogP) is 1.62. The number of unbranched alkanes of at least 4 members (excludes halogenated alkanes) is 1. The molecule has 0 heterocycles. The molecule has 1 radical (unpaired) electrons. The van der Waals surface area contributed by atoms with Crippen LogP contribution in [-0.4, -0.2) is 0 Å². The van der Waals surface area contributed by atoms with Gasteiger partial charge in [0.2, 0.25) is 0 Å². The van der Waals surface area contributed by atoms with E-state index in [0.717, 1.165) is 6.42 Å². The third kappa shape index (κ3) is 10.9. The molecule has 0 atom stereocenters. The van der Waals surface area contributed by atoms with Crippen molar-refractivity contribution in [2.75, 3.05) is 0 Å². The van der Waals surface area contributed by atoms with Crippen LogP contribution in [0.5, 0.6) is 0 Å². The van der Waals surface area contributed by atoms with E-state index in [1.807, 2.05) is 0 Å². The summed E-state index contributed by atoms with van der Waals surface area (Å²) in [6.07, 6.45) is 2.28. The van der Waals surface area contributed by atoms with E-state index in [1.165, 1.54) is 6.42 Å². The van der Waals surface area contributed by atoms with E-state index >= 15 is 0 Å². The minimum atomic E-state index is 0. The summed E-state index contributed by atoms with van der Waals surface area (Å²) in [7, 11) is 0. The van der Waals surface area contributed by atoms with Gasteiger partial charge in [0, 0.05) is 40.8 Å². The second-order valence-corrected chi connectivity index (χ2v) is 0.854. The summed E-state index contributed by atoms with van der Waals surface area (Å²) in [6.45, 7) is 5.72. The molecular formula is C4H9Nd. The molecule has 0 amide bonds. The molecule has 0 rings (SSSR count). The summed E-state index contributed by atoms with van der Waals surface area (Å²) in [5.74, 6) is 0. The zero-order valence-electron chi connectivity index (χ0n) is 3.62. The second kappa shape index (κ2) is 9.02. The Kier molecular flexibility index (Phi) is 17.3. The van der Waals surface area contributed by atoms with Crippen molar-refractivity contribution in [3.8, 4) is 0 Å². The van der Waals surface area contributed by atoms with Crippen LogP contribution in [0.3, 0.4) is 0 Å². The Morgan fingerprint density at radius 1 is 1.60 bits per heavy atom. The van der Waals surface area contributed by atoms with Crippen molar-refractivity contribution in [2.24, 2.45) is 0 Å². The molecule has 0 nitrogen and oxygen atoms in total. The van der Waals surface area contributed by atoms with E-state index in [0.29, 0.717) is 0 Å². The Morgan fingerprint density at radius 3 is 1.80 bits per heavy atom. The third-order valence-electron chi connectivity index (χ3n) is 0.354. The molecule has 0 aliphatic carbocycles. The minimum absolute atomic E-state index is 0. The van der Waals surface area contributed by atoms with Crippen LogP contribution in [0.2, 0.25) is 0 Å². The van der Waals surface area contributed by atoms with E-state index in [2.05, 4.69) is 13.8 Å². The van der Waals surface area contributed by atoms with Crippen LogP contribution in [0.25, 0.3) is 0 Å². The van der Waals surface area contributed by atoms with Crippen LogP contribution in [0.4, 0.5) is 0 Å². The maximum Gasteiger partial charge on any atom is 0 e. The third-order valence-corrected chi connectivity index (χ3v) is 0.354. The number of hydrogen-bond donors (Lipinski definition) is 0. The number of rotatable bonds is 1. The van der Waals surface area contributed by atoms with Gasteiger partial charge in [-0.3, -0.25) is 0 Å². The smallest absolute Gasteiger partial charge is 0 e. The van der Waals surface area contributed by atoms with Gasteiger partial charge in [0.15, 0.2) is 0 Å². The van der Waals surface area contributed by atoms with E-state index in [4.69, 9.17) is 0 Å². The van der Waals surface area contributed by atoms with Crippen molar-refractivity contribution >= 4 is 0 Å². The van der Waals surface area contributed by atoms with Crippen LogP contribution in [-0.2, 0) is 0 Å². The van der Waals surface area contributed by atoms with Crippen molar-refractivity contribution in [3.63, 3.8) is 0 Å². The average Bonchev–Trinajstić information content (AvgIpc) is 1.37. The molecule has 0 aromatic carbocycles. The van der Waals surface area contributed by atoms with Crippen molar-refractivity contribution < 1.29 is 40.8 Å². The van der Waals surface area contributed by atoms with Crippen LogP contribution in [0.1, 0.15) is 19.8 Å². The van der Waals surface area contributed by atoms with Gasteiger partial charge >= 0.3 is 0 Å². The fourth-order valence-corrected chi connectivity index (χ4v) is 0. The molecule has 0 N–H and O–H groups in total. The Hall–Kier alpha value is 1.35. The normalized spacial score (nSPS) is 6.00. The van der Waals surface area contributed by atoms with Crippen molar-refractivity contribution in [1.29, 1.82) is 0 Å². The fraction of sp³-hybridized carbons (Fsp3) is 0.750. The molecule has 0 aromatic rings. The summed E-state index contributed by atoms with van der Waals surface area (Å²) in [4.78, 5) is 0. The van der Waals surface area contributed by atoms with Gasteiger partial charge in [0.05, 0.1) is 0 Å². The van der Waals surface area contributed by atoms with Gasteiger partial charge in [-0.2, -0.15) is 0 Å². The summed E-state index contributed by atoms with van der Waals surface area (Å²) >= 11 is 0. The van der Waals surface area contributed by atoms with Crippen LogP contribution >= 0.6 is 0 Å². The molecule has 0 spiro atoms. The molecule has 0 bridgehead atoms. The van der Waals surface area contributed by atoms with Crippen LogP contribution in [0, 0.1) is 47.8 Å². The van der Waals surface area contributed by atoms with Gasteiger partial charge in [-0.05, 0) is 0 Å². The van der Waals surface area contributed by atoms with Crippen molar-refractivity contribution in [3.05, 3.63) is 6.92 Å². The van der Waals surface area contributed by atoms with E-state index in [-0.39, 0.29) is 40.8 Å². The van der Waals surface area contributed by atoms with E-state index < -0.39 is 0 Å². The minimum Gasteiger partial charge on any atom is -0.0654 e. The standard InChI is InChI=1S/C4H9.Nd/c1-3-4-2;/h1,3-4H2,2H3;. The quantitative estimate of drug-likeness (QED) is 0.605. The zero-order valence-corrected chi connectivity index (χ0v) is 6.83. The first kappa shape index (κ1) is 9.61. The van der Waals surface area contributed by atoms with E-state index in [1.54, 1.807) is 0 Å². The first-order chi connectivity index (χ1) is 1.91. The van der Waals surface area contributed by atoms with Crippen molar-refractivity contribution in [2.45, 2.75) is 19.8 Å². The largest absolute Gasteiger partial charge is 0.0654 e. The molecule has 0 aliphatic rings. The zero-order chi connectivity index (χ0) is 3.41. The van der Waals surface area contributed by atoms with Crippen LogP contribution in [0.15, 0.2) is 0 Å². The van der Waals surface area contributed by atoms with Gasteiger partial charge in [-0.15, -0.1) is 0 Å². The summed E-state index contributed by atoms with van der Waals surface area (Å²) in [5, 5.41) is 0. The van der Waals surface area contributed by atoms with Gasteiger partial charge in [-0.25, -0.2) is 0 Å². The Bertz CT molecular complexity index is 5.61. The monoisotopic (exact) mass is 199 g/mol. The molecule has 29 valence electrons. The Morgan fingerprint density at radius 2 is 1.80 bits per heavy atom. The second-order valence-electron chi connectivity index (χ2n) is 0.854. The fourth-order valence-electron chi connectivity index (χ4n) is 0. The first-order valence-electron chi connectivity index (χ1n) is 1.71. The van der Waals surface area contributed by atoms with Crippen molar-refractivity contribution in [1.82, 2.24) is 0 Å². The summed E-state index contributed by atoms with van der Waals surface area (Å²) < 4.78 is 0.